The van der Waals surface area contributed by atoms with Crippen LogP contribution in [0.2, 0.25) is 0 Å². The summed E-state index contributed by atoms with van der Waals surface area (Å²) < 4.78 is 16.0. The van der Waals surface area contributed by atoms with Crippen molar-refractivity contribution >= 4 is 29.8 Å². The van der Waals surface area contributed by atoms with Gasteiger partial charge >= 0.3 is 12.0 Å². The Hall–Kier alpha value is -4.94. The lowest BCUT2D eigenvalue weighted by atomic mass is 9.95. The molecule has 0 bridgehead atoms. The maximum absolute atomic E-state index is 12.5. The summed E-state index contributed by atoms with van der Waals surface area (Å²) in [6.07, 6.45) is 1.16. The second-order valence-corrected chi connectivity index (χ2v) is 7.60. The molecule has 3 amide bonds. The molecule has 1 aliphatic rings. The van der Waals surface area contributed by atoms with Crippen LogP contribution in [0.5, 0.6) is 11.5 Å². The Morgan fingerprint density at radius 1 is 1.22 bits per heavy atom. The second-order valence-electron chi connectivity index (χ2n) is 7.60. The number of nitrogens with zero attached hydrogens (tertiary/aromatic N) is 2. The van der Waals surface area contributed by atoms with E-state index in [9.17, 15) is 24.5 Å². The fourth-order valence-corrected chi connectivity index (χ4v) is 3.52. The Morgan fingerprint density at radius 2 is 1.97 bits per heavy atom. The van der Waals surface area contributed by atoms with Crippen molar-refractivity contribution in [3.8, 4) is 11.5 Å². The van der Waals surface area contributed by atoms with E-state index in [4.69, 9.17) is 14.2 Å². The van der Waals surface area contributed by atoms with Gasteiger partial charge in [-0.3, -0.25) is 14.9 Å². The maximum atomic E-state index is 12.5. The lowest BCUT2D eigenvalue weighted by molar-refractivity contribution is -0.385. The van der Waals surface area contributed by atoms with E-state index < -0.39 is 35.5 Å². The second kappa shape index (κ2) is 12.2. The number of allylic oxidation sites excluding steroid dienone is 1. The molecule has 2 aromatic carbocycles. The molecule has 3 N–H and O–H groups in total. The number of hydrogen-bond donors (Lipinski definition) is 3. The van der Waals surface area contributed by atoms with E-state index >= 15 is 0 Å². The van der Waals surface area contributed by atoms with Crippen molar-refractivity contribution < 1.29 is 33.5 Å². The number of nitrogens with one attached hydrogen (secondary N) is 3. The summed E-state index contributed by atoms with van der Waals surface area (Å²) in [7, 11) is 1.40. The van der Waals surface area contributed by atoms with Crippen molar-refractivity contribution in [2.75, 3.05) is 20.3 Å². The van der Waals surface area contributed by atoms with E-state index in [2.05, 4.69) is 21.2 Å². The van der Waals surface area contributed by atoms with E-state index in [-0.39, 0.29) is 34.9 Å². The standard InChI is InChI=1S/C24H25N5O8/c1-4-36-23(31)21-14(2)26-24(32)27-22(21)15-9-10-18(19(11-15)35-3)37-13-20(30)28-25-12-16-7-5-6-8-17(16)29(33)34/h5-12,22H,4,13H2,1-3H3,(H,28,30)(H2,26,27,32)/b25-12-/t22-/m0/s1. The van der Waals surface area contributed by atoms with Gasteiger partial charge in [-0.25, -0.2) is 15.0 Å². The van der Waals surface area contributed by atoms with Crippen LogP contribution in [0, 0.1) is 10.1 Å². The molecule has 194 valence electrons. The summed E-state index contributed by atoms with van der Waals surface area (Å²) >= 11 is 0. The van der Waals surface area contributed by atoms with Crippen LogP contribution in [0.3, 0.4) is 0 Å². The van der Waals surface area contributed by atoms with Crippen LogP contribution in [0.1, 0.15) is 31.0 Å². The molecule has 0 radical (unpaired) electrons. The molecule has 0 aliphatic carbocycles. The van der Waals surface area contributed by atoms with Gasteiger partial charge in [-0.2, -0.15) is 5.10 Å². The van der Waals surface area contributed by atoms with Gasteiger partial charge in [0.05, 0.1) is 42.0 Å². The van der Waals surface area contributed by atoms with Crippen LogP contribution in [0.4, 0.5) is 10.5 Å². The summed E-state index contributed by atoms with van der Waals surface area (Å²) in [6.45, 7) is 3.02. The van der Waals surface area contributed by atoms with Crippen LogP contribution in [-0.4, -0.2) is 49.4 Å². The number of nitro benzene ring substituents is 1. The minimum absolute atomic E-state index is 0.150. The number of methoxy groups -OCH3 is 1. The summed E-state index contributed by atoms with van der Waals surface area (Å²) in [5, 5.41) is 20.0. The number of esters is 1. The Morgan fingerprint density at radius 3 is 2.68 bits per heavy atom. The number of benzene rings is 2. The molecule has 3 rings (SSSR count). The molecular weight excluding hydrogens is 486 g/mol. The first-order valence-electron chi connectivity index (χ1n) is 11.1. The number of carbonyl (C=O) groups excluding carboxylic acids is 3. The first kappa shape index (κ1) is 26.7. The van der Waals surface area contributed by atoms with Crippen LogP contribution in [0.25, 0.3) is 0 Å². The normalized spacial score (nSPS) is 15.0. The number of carbonyl (C=O) groups is 3. The highest BCUT2D eigenvalue weighted by molar-refractivity contribution is 5.95. The summed E-state index contributed by atoms with van der Waals surface area (Å²) in [6, 6.07) is 9.39. The minimum Gasteiger partial charge on any atom is -0.493 e. The highest BCUT2D eigenvalue weighted by Gasteiger charge is 2.32. The van der Waals surface area contributed by atoms with Gasteiger partial charge in [0.2, 0.25) is 0 Å². The average Bonchev–Trinajstić information content (AvgIpc) is 2.87. The molecule has 13 heteroatoms. The van der Waals surface area contributed by atoms with E-state index in [0.29, 0.717) is 11.3 Å². The van der Waals surface area contributed by atoms with Crippen molar-refractivity contribution in [2.24, 2.45) is 5.10 Å². The van der Waals surface area contributed by atoms with Crippen molar-refractivity contribution in [3.05, 3.63) is 75.0 Å². The van der Waals surface area contributed by atoms with Gasteiger partial charge in [-0.15, -0.1) is 0 Å². The van der Waals surface area contributed by atoms with Gasteiger partial charge < -0.3 is 24.8 Å². The number of para-hydroxylation sites is 1. The number of rotatable bonds is 10. The predicted octanol–water partition coefficient (Wildman–Crippen LogP) is 2.32. The fraction of sp³-hybridized carbons (Fsp3) is 0.250. The van der Waals surface area contributed by atoms with Gasteiger partial charge in [-0.1, -0.05) is 18.2 Å². The largest absolute Gasteiger partial charge is 0.493 e. The lowest BCUT2D eigenvalue weighted by Gasteiger charge is -2.28. The van der Waals surface area contributed by atoms with Crippen LogP contribution >= 0.6 is 0 Å². The van der Waals surface area contributed by atoms with Crippen molar-refractivity contribution in [3.63, 3.8) is 0 Å². The number of hydrazone groups is 1. The Bertz CT molecular complexity index is 1270. The Labute approximate surface area is 211 Å². The molecule has 1 atom stereocenters. The average molecular weight is 511 g/mol. The molecule has 1 aliphatic heterocycles. The predicted molar refractivity (Wildman–Crippen MR) is 131 cm³/mol. The Kier molecular flexibility index (Phi) is 8.76. The molecule has 1 heterocycles. The van der Waals surface area contributed by atoms with E-state index in [1.54, 1.807) is 32.0 Å². The van der Waals surface area contributed by atoms with E-state index in [1.807, 2.05) is 0 Å². The van der Waals surface area contributed by atoms with Crippen molar-refractivity contribution in [1.82, 2.24) is 16.1 Å². The zero-order valence-corrected chi connectivity index (χ0v) is 20.3. The molecule has 13 nitrogen and oxygen atoms in total. The smallest absolute Gasteiger partial charge is 0.338 e. The zero-order valence-electron chi connectivity index (χ0n) is 20.3. The number of amides is 3. The minimum atomic E-state index is -0.796. The topological polar surface area (TPSA) is 170 Å². The van der Waals surface area contributed by atoms with Crippen molar-refractivity contribution in [2.45, 2.75) is 19.9 Å². The molecular formula is C24H25N5O8. The first-order chi connectivity index (χ1) is 17.7. The van der Waals surface area contributed by atoms with Crippen molar-refractivity contribution in [1.29, 1.82) is 0 Å². The molecule has 0 saturated heterocycles. The Balaban J connectivity index is 1.70. The molecule has 0 fully saturated rings. The lowest BCUT2D eigenvalue weighted by Crippen LogP contribution is -2.45. The zero-order chi connectivity index (χ0) is 26.9. The number of urea groups is 1. The van der Waals surface area contributed by atoms with Crippen LogP contribution in [0.15, 0.2) is 58.8 Å². The number of ether oxygens (including phenoxy) is 3. The van der Waals surface area contributed by atoms with Crippen LogP contribution < -0.4 is 25.5 Å². The van der Waals surface area contributed by atoms with E-state index in [1.165, 1.54) is 31.4 Å². The van der Waals surface area contributed by atoms with E-state index in [0.717, 1.165) is 6.21 Å². The van der Waals surface area contributed by atoms with Gasteiger partial charge in [0, 0.05) is 11.8 Å². The SMILES string of the molecule is CCOC(=O)C1=C(C)NC(=O)N[C@H]1c1ccc(OCC(=O)N/N=C\c2ccccc2[N+](=O)[O-])c(OC)c1. The highest BCUT2D eigenvalue weighted by Crippen LogP contribution is 2.34. The third kappa shape index (κ3) is 6.60. The number of nitro groups is 1. The summed E-state index contributed by atoms with van der Waals surface area (Å²) in [5.41, 5.74) is 3.45. The third-order valence-electron chi connectivity index (χ3n) is 5.17. The molecule has 0 unspecified atom stereocenters. The quantitative estimate of drug-likeness (QED) is 0.189. The molecule has 0 aromatic heterocycles. The molecule has 0 spiro atoms. The van der Waals surface area contributed by atoms with Gasteiger partial charge in [0.1, 0.15) is 0 Å². The third-order valence-corrected chi connectivity index (χ3v) is 5.17. The summed E-state index contributed by atoms with van der Waals surface area (Å²) in [4.78, 5) is 47.2. The fourth-order valence-electron chi connectivity index (χ4n) is 3.52. The number of hydrogen-bond acceptors (Lipinski definition) is 9. The van der Waals surface area contributed by atoms with Gasteiger partial charge in [0.15, 0.2) is 18.1 Å². The highest BCUT2D eigenvalue weighted by atomic mass is 16.6. The monoisotopic (exact) mass is 511 g/mol. The first-order valence-corrected chi connectivity index (χ1v) is 11.1. The molecule has 0 saturated carbocycles. The van der Waals surface area contributed by atoms with Gasteiger partial charge in [-0.05, 0) is 37.6 Å². The summed E-state index contributed by atoms with van der Waals surface area (Å²) in [5.74, 6) is -0.713. The molecule has 37 heavy (non-hydrogen) atoms. The van der Waals surface area contributed by atoms with Crippen LogP contribution in [-0.2, 0) is 14.3 Å². The maximum Gasteiger partial charge on any atom is 0.338 e. The van der Waals surface area contributed by atoms with Gasteiger partial charge in [0.25, 0.3) is 11.6 Å². The molecule has 2 aromatic rings.